The highest BCUT2D eigenvalue weighted by Crippen LogP contribution is 2.41. The summed E-state index contributed by atoms with van der Waals surface area (Å²) < 4.78 is 10.9. The molecule has 2 aliphatic carbocycles. The fourth-order valence-electron chi connectivity index (χ4n) is 11.9. The third kappa shape index (κ3) is 9.74. The molecule has 4 aromatic rings. The topological polar surface area (TPSA) is 210 Å². The summed E-state index contributed by atoms with van der Waals surface area (Å²) in [5.41, 5.74) is 1.94. The van der Waals surface area contributed by atoms with Gasteiger partial charge in [-0.3, -0.25) is 33.7 Å². The first-order chi connectivity index (χ1) is 33.1. The maximum Gasteiger partial charge on any atom is 0.247 e. The number of rotatable bonds is 12. The normalized spacial score (nSPS) is 27.2. The van der Waals surface area contributed by atoms with Crippen molar-refractivity contribution < 1.29 is 38.2 Å². The maximum absolute atomic E-state index is 15.3. The third-order valence-electron chi connectivity index (χ3n) is 15.5. The maximum atomic E-state index is 15.3. The zero-order valence-electron chi connectivity index (χ0n) is 39.4. The monoisotopic (exact) mass is 934 g/mol. The van der Waals surface area contributed by atoms with Crippen LogP contribution in [0.3, 0.4) is 0 Å². The van der Waals surface area contributed by atoms with Crippen molar-refractivity contribution in [2.45, 2.75) is 125 Å². The van der Waals surface area contributed by atoms with E-state index >= 15 is 28.8 Å². The molecule has 2 aromatic heterocycles. The Bertz CT molecular complexity index is 2470. The average molecular weight is 934 g/mol. The number of carbonyl (C=O) groups is 6. The molecule has 0 bridgehead atoms. The Kier molecular flexibility index (Phi) is 14.5. The number of nitrogens with one attached hydrogen (secondary N) is 6. The number of para-hydroxylation sites is 2. The van der Waals surface area contributed by atoms with E-state index in [9.17, 15) is 0 Å². The van der Waals surface area contributed by atoms with Gasteiger partial charge < -0.3 is 50.5 Å². The van der Waals surface area contributed by atoms with Gasteiger partial charge in [0.05, 0.1) is 13.2 Å². The second-order valence-corrected chi connectivity index (χ2v) is 19.6. The Balaban J connectivity index is 1.13. The molecule has 17 nitrogen and oxygen atoms in total. The van der Waals surface area contributed by atoms with E-state index in [4.69, 9.17) is 9.47 Å². The summed E-state index contributed by atoms with van der Waals surface area (Å²) in [5.74, 6) is -2.63. The second kappa shape index (κ2) is 20.8. The molecule has 5 aliphatic rings. The molecule has 1 spiro atoms. The predicted octanol–water partition coefficient (Wildman–Crippen LogP) is 3.08. The average Bonchev–Trinajstić information content (AvgIpc) is 4.22. The Morgan fingerprint density at radius 2 is 1.25 bits per heavy atom. The summed E-state index contributed by atoms with van der Waals surface area (Å²) in [4.78, 5) is 103. The van der Waals surface area contributed by atoms with Crippen molar-refractivity contribution in [2.75, 3.05) is 53.6 Å². The third-order valence-corrected chi connectivity index (χ3v) is 15.5. The van der Waals surface area contributed by atoms with Crippen molar-refractivity contribution in [3.05, 3.63) is 72.1 Å². The van der Waals surface area contributed by atoms with Crippen LogP contribution in [-0.2, 0) is 51.1 Å². The number of fused-ring (bicyclic) bond motifs is 6. The van der Waals surface area contributed by atoms with E-state index in [2.05, 4.69) is 31.2 Å². The highest BCUT2D eigenvalue weighted by molar-refractivity contribution is 6.00. The van der Waals surface area contributed by atoms with E-state index < -0.39 is 65.3 Å². The van der Waals surface area contributed by atoms with E-state index in [1.165, 1.54) is 0 Å². The van der Waals surface area contributed by atoms with E-state index in [1.54, 1.807) is 24.0 Å². The molecule has 7 atom stereocenters. The van der Waals surface area contributed by atoms with Crippen LogP contribution in [0.25, 0.3) is 21.8 Å². The van der Waals surface area contributed by atoms with Crippen molar-refractivity contribution in [3.63, 3.8) is 0 Å². The van der Waals surface area contributed by atoms with Crippen LogP contribution in [0.1, 0.15) is 81.8 Å². The van der Waals surface area contributed by atoms with Gasteiger partial charge in [-0.2, -0.15) is 0 Å². The molecule has 6 N–H and O–H groups in total. The number of carbonyl (C=O) groups excluding carboxylic acids is 6. The minimum Gasteiger partial charge on any atom is -0.383 e. The zero-order valence-corrected chi connectivity index (χ0v) is 39.4. The number of nitrogens with zero attached hydrogens (tertiary/aromatic N) is 3. The lowest BCUT2D eigenvalue weighted by molar-refractivity contribution is -0.150. The number of aromatic amines is 2. The molecule has 9 rings (SSSR count). The fourth-order valence-corrected chi connectivity index (χ4v) is 11.9. The highest BCUT2D eigenvalue weighted by atomic mass is 16.5. The van der Waals surface area contributed by atoms with E-state index in [1.807, 2.05) is 65.8 Å². The lowest BCUT2D eigenvalue weighted by Gasteiger charge is -2.39. The van der Waals surface area contributed by atoms with Crippen LogP contribution in [0.2, 0.25) is 0 Å². The molecule has 3 saturated heterocycles. The van der Waals surface area contributed by atoms with Gasteiger partial charge in [0.25, 0.3) is 0 Å². The van der Waals surface area contributed by atoms with Gasteiger partial charge in [-0.25, -0.2) is 0 Å². The number of benzene rings is 2. The minimum absolute atomic E-state index is 0.0760. The van der Waals surface area contributed by atoms with Crippen LogP contribution in [-0.4, -0.2) is 156 Å². The van der Waals surface area contributed by atoms with Gasteiger partial charge in [-0.05, 0) is 74.1 Å². The van der Waals surface area contributed by atoms with Crippen LogP contribution in [0.4, 0.5) is 0 Å². The lowest BCUT2D eigenvalue weighted by Crippen LogP contribution is -2.66. The molecule has 5 heterocycles. The number of H-pyrrole nitrogens is 2. The van der Waals surface area contributed by atoms with Gasteiger partial charge in [-0.15, -0.1) is 0 Å². The fraction of sp³-hybridized carbons (Fsp3) is 0.569. The molecular weight excluding hydrogens is 867 g/mol. The Morgan fingerprint density at radius 1 is 0.647 bits per heavy atom. The van der Waals surface area contributed by atoms with Crippen molar-refractivity contribution in [2.24, 2.45) is 5.92 Å². The predicted molar refractivity (Wildman–Crippen MR) is 255 cm³/mol. The van der Waals surface area contributed by atoms with Crippen molar-refractivity contribution >= 4 is 57.2 Å². The van der Waals surface area contributed by atoms with Crippen LogP contribution in [0.5, 0.6) is 0 Å². The van der Waals surface area contributed by atoms with Gasteiger partial charge in [0.2, 0.25) is 35.4 Å². The molecule has 2 aromatic carbocycles. The Labute approximate surface area is 397 Å². The molecule has 364 valence electrons. The molecule has 7 unspecified atom stereocenters. The van der Waals surface area contributed by atoms with Crippen molar-refractivity contribution in [1.82, 2.24) is 45.9 Å². The number of methoxy groups -OCH3 is 2. The number of hydrogen-bond donors (Lipinski definition) is 6. The Hall–Kier alpha value is -5.78. The molecule has 0 radical (unpaired) electrons. The van der Waals surface area contributed by atoms with Crippen LogP contribution < -0.4 is 21.3 Å². The quantitative estimate of drug-likeness (QED) is 0.123. The summed E-state index contributed by atoms with van der Waals surface area (Å²) in [5, 5.41) is 14.2. The van der Waals surface area contributed by atoms with Gasteiger partial charge in [0.15, 0.2) is 0 Å². The Morgan fingerprint density at radius 3 is 1.90 bits per heavy atom. The van der Waals surface area contributed by atoms with E-state index in [0.717, 1.165) is 58.6 Å². The summed E-state index contributed by atoms with van der Waals surface area (Å²) >= 11 is 0. The summed E-state index contributed by atoms with van der Waals surface area (Å²) in [6.45, 7) is 1.98. The SMILES string of the molecule is COCCN(CCOC)CC1NC(=O)C(Cc2c[nH]c3ccccc23)NC(=O)C2(CCCC2)NC(=O)C(Cc2c[nH]c3ccccc23)NC(=O)C2CC3CCCCC3N2C(=O)C2CCCN2C1=O. The van der Waals surface area contributed by atoms with Gasteiger partial charge in [-0.1, -0.05) is 62.1 Å². The molecule has 68 heavy (non-hydrogen) atoms. The van der Waals surface area contributed by atoms with Crippen molar-refractivity contribution in [3.8, 4) is 0 Å². The van der Waals surface area contributed by atoms with Crippen LogP contribution in [0.15, 0.2) is 60.9 Å². The summed E-state index contributed by atoms with van der Waals surface area (Å²) in [7, 11) is 3.20. The molecular formula is C51H67N9O8. The largest absolute Gasteiger partial charge is 0.383 e. The second-order valence-electron chi connectivity index (χ2n) is 19.6. The smallest absolute Gasteiger partial charge is 0.247 e. The first kappa shape index (κ1) is 47.3. The molecule has 3 aliphatic heterocycles. The van der Waals surface area contributed by atoms with Crippen LogP contribution in [0, 0.1) is 5.92 Å². The standard InChI is InChI=1S/C51H67N9O8/c1-67-24-22-58(23-25-68-2)31-41-48(64)59-21-11-18-43(59)49(65)60-42-17-8-3-12-32(42)28-44(60)47(63)54-40(27-34-30-53-38-16-7-5-14-36(34)38)46(62)57-51(19-9-10-20-51)50(66)56-39(45(61)55-41)26-33-29-52-37-15-6-4-13-35(33)37/h4-7,13-16,29-30,32,39-44,52-53H,3,8-12,17-28,31H2,1-2H3,(H,54,63)(H,55,61)(H,56,66)(H,57,62). The number of aromatic nitrogens is 2. The summed E-state index contributed by atoms with van der Waals surface area (Å²) in [6, 6.07) is 10.1. The van der Waals surface area contributed by atoms with Crippen LogP contribution >= 0.6 is 0 Å². The first-order valence-corrected chi connectivity index (χ1v) is 24.7. The van der Waals surface area contributed by atoms with E-state index in [0.29, 0.717) is 77.8 Å². The van der Waals surface area contributed by atoms with Gasteiger partial charge in [0.1, 0.15) is 35.7 Å². The molecule has 6 amide bonds. The summed E-state index contributed by atoms with van der Waals surface area (Å²) in [6.07, 6.45) is 10.7. The number of amides is 6. The van der Waals surface area contributed by atoms with Gasteiger partial charge >= 0.3 is 0 Å². The van der Waals surface area contributed by atoms with Gasteiger partial charge in [0, 0.05) is 93.5 Å². The lowest BCUT2D eigenvalue weighted by atomic mass is 9.84. The minimum atomic E-state index is -1.40. The zero-order chi connectivity index (χ0) is 47.4. The number of ether oxygens (including phenoxy) is 2. The van der Waals surface area contributed by atoms with E-state index in [-0.39, 0.29) is 37.3 Å². The number of hydrogen-bond acceptors (Lipinski definition) is 9. The van der Waals surface area contributed by atoms with Crippen molar-refractivity contribution in [1.29, 1.82) is 0 Å². The first-order valence-electron chi connectivity index (χ1n) is 24.7. The highest BCUT2D eigenvalue weighted by Gasteiger charge is 2.52. The molecule has 17 heteroatoms. The molecule has 5 fully saturated rings. The molecule has 2 saturated carbocycles.